The van der Waals surface area contributed by atoms with Crippen molar-refractivity contribution in [2.75, 3.05) is 40.3 Å². The molecule has 21 heavy (non-hydrogen) atoms. The van der Waals surface area contributed by atoms with Gasteiger partial charge >= 0.3 is 12.0 Å². The van der Waals surface area contributed by atoms with E-state index in [4.69, 9.17) is 5.11 Å². The monoisotopic (exact) mass is 301 g/mol. The molecule has 2 amide bonds. The summed E-state index contributed by atoms with van der Waals surface area (Å²) >= 11 is 0. The number of hydrogen-bond acceptors (Lipinski definition) is 3. The van der Waals surface area contributed by atoms with E-state index in [9.17, 15) is 9.59 Å². The number of carboxylic acid groups (broad SMARTS) is 1. The molecule has 6 heteroatoms. The summed E-state index contributed by atoms with van der Waals surface area (Å²) in [5.74, 6) is -0.625. The van der Waals surface area contributed by atoms with Gasteiger partial charge in [0.2, 0.25) is 0 Å². The van der Waals surface area contributed by atoms with E-state index in [1.165, 1.54) is 4.90 Å². The number of carbonyl (C=O) groups excluding carboxylic acids is 1. The summed E-state index contributed by atoms with van der Waals surface area (Å²) in [4.78, 5) is 29.0. The topological polar surface area (TPSA) is 64.1 Å². The number of carboxylic acids is 1. The zero-order chi connectivity index (χ0) is 16.6. The average Bonchev–Trinajstić information content (AvgIpc) is 2.38. The van der Waals surface area contributed by atoms with Crippen molar-refractivity contribution in [3.05, 3.63) is 0 Å². The summed E-state index contributed by atoms with van der Waals surface area (Å²) in [5, 5.41) is 9.04. The summed E-state index contributed by atoms with van der Waals surface area (Å²) in [6, 6.07) is -0.259. The quantitative estimate of drug-likeness (QED) is 0.705. The lowest BCUT2D eigenvalue weighted by molar-refractivity contribution is -0.138. The van der Waals surface area contributed by atoms with Crippen LogP contribution in [-0.2, 0) is 4.79 Å². The maximum atomic E-state index is 12.7. The standard InChI is InChI=1S/C15H31N3O3/c1-7-13(4)18(11-14(19)20)15(21)17(10-12(2)3)9-8-16(5)6/h12-13H,7-11H2,1-6H3,(H,19,20). The molecule has 0 aromatic heterocycles. The molecule has 0 saturated heterocycles. The summed E-state index contributed by atoms with van der Waals surface area (Å²) < 4.78 is 0. The van der Waals surface area contributed by atoms with Crippen LogP contribution in [0.1, 0.15) is 34.1 Å². The average molecular weight is 301 g/mol. The van der Waals surface area contributed by atoms with Gasteiger partial charge in [0.15, 0.2) is 0 Å². The van der Waals surface area contributed by atoms with Crippen LogP contribution in [0.2, 0.25) is 0 Å². The molecular weight excluding hydrogens is 270 g/mol. The molecule has 0 aliphatic rings. The molecule has 124 valence electrons. The van der Waals surface area contributed by atoms with Gasteiger partial charge in [0.25, 0.3) is 0 Å². The minimum absolute atomic E-state index is 0.0809. The Hall–Kier alpha value is -1.30. The molecule has 0 saturated carbocycles. The molecule has 0 aliphatic carbocycles. The van der Waals surface area contributed by atoms with Gasteiger partial charge in [-0.1, -0.05) is 20.8 Å². The normalized spacial score (nSPS) is 12.6. The Morgan fingerprint density at radius 2 is 1.67 bits per heavy atom. The Morgan fingerprint density at radius 3 is 2.05 bits per heavy atom. The van der Waals surface area contributed by atoms with Crippen LogP contribution in [-0.4, -0.2) is 78.1 Å². The van der Waals surface area contributed by atoms with Crippen LogP contribution in [0.15, 0.2) is 0 Å². The van der Waals surface area contributed by atoms with Crippen LogP contribution in [0.4, 0.5) is 4.79 Å². The Morgan fingerprint density at radius 1 is 1.10 bits per heavy atom. The van der Waals surface area contributed by atoms with Gasteiger partial charge in [0.1, 0.15) is 6.54 Å². The Bertz CT molecular complexity index is 332. The maximum Gasteiger partial charge on any atom is 0.323 e. The molecular formula is C15H31N3O3. The van der Waals surface area contributed by atoms with Crippen LogP contribution in [0.3, 0.4) is 0 Å². The summed E-state index contributed by atoms with van der Waals surface area (Å²) in [6.07, 6.45) is 0.738. The number of urea groups is 1. The fraction of sp³-hybridized carbons (Fsp3) is 0.867. The van der Waals surface area contributed by atoms with Crippen molar-refractivity contribution in [1.82, 2.24) is 14.7 Å². The lowest BCUT2D eigenvalue weighted by atomic mass is 10.2. The zero-order valence-electron chi connectivity index (χ0n) is 14.3. The molecule has 0 spiro atoms. The Balaban J connectivity index is 5.02. The molecule has 1 N–H and O–H groups in total. The smallest absolute Gasteiger partial charge is 0.323 e. The Kier molecular flexibility index (Phi) is 9.01. The first-order valence-electron chi connectivity index (χ1n) is 7.61. The minimum Gasteiger partial charge on any atom is -0.480 e. The van der Waals surface area contributed by atoms with Gasteiger partial charge in [-0.2, -0.15) is 0 Å². The molecule has 0 aromatic carbocycles. The van der Waals surface area contributed by atoms with E-state index >= 15 is 0 Å². The first-order chi connectivity index (χ1) is 9.68. The minimum atomic E-state index is -0.972. The van der Waals surface area contributed by atoms with Crippen molar-refractivity contribution in [3.8, 4) is 0 Å². The second-order valence-corrected chi connectivity index (χ2v) is 6.20. The number of carbonyl (C=O) groups is 2. The molecule has 0 bridgehead atoms. The van der Waals surface area contributed by atoms with Crippen LogP contribution < -0.4 is 0 Å². The first-order valence-corrected chi connectivity index (χ1v) is 7.61. The SMILES string of the molecule is CCC(C)N(CC(=O)O)C(=O)N(CCN(C)C)CC(C)C. The van der Waals surface area contributed by atoms with Crippen molar-refractivity contribution >= 4 is 12.0 Å². The first kappa shape index (κ1) is 19.7. The van der Waals surface area contributed by atoms with Gasteiger partial charge in [-0.3, -0.25) is 4.79 Å². The van der Waals surface area contributed by atoms with E-state index in [-0.39, 0.29) is 18.6 Å². The predicted octanol–water partition coefficient (Wildman–Crippen LogP) is 1.81. The van der Waals surface area contributed by atoms with Crippen LogP contribution >= 0.6 is 0 Å². The van der Waals surface area contributed by atoms with E-state index in [1.807, 2.05) is 32.8 Å². The zero-order valence-corrected chi connectivity index (χ0v) is 14.3. The summed E-state index contributed by atoms with van der Waals surface area (Å²) in [5.41, 5.74) is 0. The van der Waals surface area contributed by atoms with E-state index in [1.54, 1.807) is 4.90 Å². The third kappa shape index (κ3) is 7.90. The number of hydrogen-bond donors (Lipinski definition) is 1. The summed E-state index contributed by atoms with van der Waals surface area (Å²) in [7, 11) is 3.92. The molecule has 0 aromatic rings. The van der Waals surface area contributed by atoms with Gasteiger partial charge < -0.3 is 19.8 Å². The van der Waals surface area contributed by atoms with Crippen LogP contribution in [0.25, 0.3) is 0 Å². The number of rotatable bonds is 9. The number of nitrogens with zero attached hydrogens (tertiary/aromatic N) is 3. The third-order valence-corrected chi connectivity index (χ3v) is 3.35. The van der Waals surface area contributed by atoms with Gasteiger partial charge in [0.05, 0.1) is 0 Å². The molecule has 0 rings (SSSR count). The molecule has 0 aliphatic heterocycles. The highest BCUT2D eigenvalue weighted by molar-refractivity contribution is 5.80. The lowest BCUT2D eigenvalue weighted by Crippen LogP contribution is -2.51. The van der Waals surface area contributed by atoms with E-state index in [0.29, 0.717) is 19.0 Å². The highest BCUT2D eigenvalue weighted by Gasteiger charge is 2.26. The van der Waals surface area contributed by atoms with Gasteiger partial charge in [-0.25, -0.2) is 4.79 Å². The van der Waals surface area contributed by atoms with Crippen LogP contribution in [0.5, 0.6) is 0 Å². The molecule has 0 radical (unpaired) electrons. The van der Waals surface area contributed by atoms with Gasteiger partial charge in [0, 0.05) is 25.7 Å². The third-order valence-electron chi connectivity index (χ3n) is 3.35. The molecule has 0 heterocycles. The summed E-state index contributed by atoms with van der Waals surface area (Å²) in [6.45, 7) is 9.72. The molecule has 1 atom stereocenters. The van der Waals surface area contributed by atoms with Crippen molar-refractivity contribution in [1.29, 1.82) is 0 Å². The van der Waals surface area contributed by atoms with Crippen LogP contribution in [0, 0.1) is 5.92 Å². The van der Waals surface area contributed by atoms with E-state index < -0.39 is 5.97 Å². The Labute approximate surface area is 128 Å². The maximum absolute atomic E-state index is 12.7. The lowest BCUT2D eigenvalue weighted by Gasteiger charge is -2.34. The number of aliphatic carboxylic acids is 1. The van der Waals surface area contributed by atoms with Crippen molar-refractivity contribution in [3.63, 3.8) is 0 Å². The number of likely N-dealkylation sites (N-methyl/N-ethyl adjacent to an activating group) is 1. The van der Waals surface area contributed by atoms with E-state index in [2.05, 4.69) is 13.8 Å². The predicted molar refractivity (Wildman–Crippen MR) is 84.5 cm³/mol. The molecule has 6 nitrogen and oxygen atoms in total. The van der Waals surface area contributed by atoms with Crippen molar-refractivity contribution in [2.24, 2.45) is 5.92 Å². The highest BCUT2D eigenvalue weighted by atomic mass is 16.4. The second kappa shape index (κ2) is 9.60. The second-order valence-electron chi connectivity index (χ2n) is 6.20. The highest BCUT2D eigenvalue weighted by Crippen LogP contribution is 2.10. The fourth-order valence-corrected chi connectivity index (χ4v) is 1.99. The van der Waals surface area contributed by atoms with Gasteiger partial charge in [-0.15, -0.1) is 0 Å². The molecule has 1 unspecified atom stereocenters. The van der Waals surface area contributed by atoms with Crippen molar-refractivity contribution < 1.29 is 14.7 Å². The molecule has 0 fully saturated rings. The fourth-order valence-electron chi connectivity index (χ4n) is 1.99. The largest absolute Gasteiger partial charge is 0.480 e. The number of amides is 2. The van der Waals surface area contributed by atoms with Gasteiger partial charge in [-0.05, 0) is 33.4 Å². The van der Waals surface area contributed by atoms with Crippen molar-refractivity contribution in [2.45, 2.75) is 40.2 Å². The van der Waals surface area contributed by atoms with E-state index in [0.717, 1.165) is 13.0 Å².